The third-order valence-corrected chi connectivity index (χ3v) is 3.08. The van der Waals surface area contributed by atoms with Crippen molar-refractivity contribution in [1.29, 1.82) is 0 Å². The molecule has 0 aliphatic heterocycles. The lowest BCUT2D eigenvalue weighted by molar-refractivity contribution is -0.136. The average molecular weight is 264 g/mol. The first-order valence-electron chi connectivity index (χ1n) is 7.09. The Kier molecular flexibility index (Phi) is 7.01. The van der Waals surface area contributed by atoms with Crippen molar-refractivity contribution in [3.8, 4) is 5.75 Å². The van der Waals surface area contributed by atoms with Crippen molar-refractivity contribution in [2.45, 2.75) is 58.5 Å². The zero-order chi connectivity index (χ0) is 14.1. The Morgan fingerprint density at radius 3 is 2.47 bits per heavy atom. The molecule has 0 aliphatic carbocycles. The minimum atomic E-state index is -0.807. The number of ether oxygens (including phenoxy) is 1. The molecule has 0 aromatic heterocycles. The molecule has 0 aliphatic rings. The van der Waals surface area contributed by atoms with Gasteiger partial charge in [0.15, 0.2) is 0 Å². The summed E-state index contributed by atoms with van der Waals surface area (Å²) in [5.41, 5.74) is 0.801. The Bertz CT molecular complexity index is 370. The molecule has 0 bridgehead atoms. The standard InChI is InChI=1S/C16H24O3/c1-3-4-5-6-7-13(2)19-15-10-8-14(9-11-15)12-16(17)18/h8-11,13H,3-7,12H2,1-2H3,(H,17,18). The predicted molar refractivity (Wildman–Crippen MR) is 76.6 cm³/mol. The summed E-state index contributed by atoms with van der Waals surface area (Å²) in [5.74, 6) is 0.00934. The van der Waals surface area contributed by atoms with E-state index < -0.39 is 5.97 Å². The normalized spacial score (nSPS) is 12.1. The van der Waals surface area contributed by atoms with E-state index in [1.807, 2.05) is 24.3 Å². The highest BCUT2D eigenvalue weighted by atomic mass is 16.5. The number of rotatable bonds is 9. The summed E-state index contributed by atoms with van der Waals surface area (Å²) in [6.45, 7) is 4.29. The van der Waals surface area contributed by atoms with Gasteiger partial charge >= 0.3 is 5.97 Å². The summed E-state index contributed by atoms with van der Waals surface area (Å²) < 4.78 is 5.81. The Balaban J connectivity index is 2.33. The zero-order valence-electron chi connectivity index (χ0n) is 11.9. The minimum Gasteiger partial charge on any atom is -0.491 e. The highest BCUT2D eigenvalue weighted by Gasteiger charge is 2.05. The Labute approximate surface area is 115 Å². The number of carboxylic acid groups (broad SMARTS) is 1. The molecule has 0 fully saturated rings. The van der Waals surface area contributed by atoms with Gasteiger partial charge in [0.1, 0.15) is 5.75 Å². The van der Waals surface area contributed by atoms with E-state index in [2.05, 4.69) is 13.8 Å². The lowest BCUT2D eigenvalue weighted by Gasteiger charge is -2.14. The van der Waals surface area contributed by atoms with Crippen LogP contribution in [0, 0.1) is 0 Å². The minimum absolute atomic E-state index is 0.0624. The van der Waals surface area contributed by atoms with E-state index >= 15 is 0 Å². The fourth-order valence-electron chi connectivity index (χ4n) is 2.01. The van der Waals surface area contributed by atoms with E-state index in [1.165, 1.54) is 25.7 Å². The van der Waals surface area contributed by atoms with Crippen LogP contribution in [0.2, 0.25) is 0 Å². The maximum Gasteiger partial charge on any atom is 0.307 e. The zero-order valence-corrected chi connectivity index (χ0v) is 11.9. The van der Waals surface area contributed by atoms with Crippen LogP contribution >= 0.6 is 0 Å². The molecular formula is C16H24O3. The SMILES string of the molecule is CCCCCCC(C)Oc1ccc(CC(=O)O)cc1. The molecule has 3 heteroatoms. The van der Waals surface area contributed by atoms with Crippen molar-refractivity contribution in [3.63, 3.8) is 0 Å². The molecule has 0 amide bonds. The molecule has 1 aromatic carbocycles. The first-order valence-corrected chi connectivity index (χ1v) is 7.09. The van der Waals surface area contributed by atoms with Gasteiger partial charge < -0.3 is 9.84 Å². The van der Waals surface area contributed by atoms with E-state index in [1.54, 1.807) is 0 Å². The highest BCUT2D eigenvalue weighted by Crippen LogP contribution is 2.16. The van der Waals surface area contributed by atoms with Crippen LogP contribution in [0.15, 0.2) is 24.3 Å². The number of carbonyl (C=O) groups is 1. The average Bonchev–Trinajstić information content (AvgIpc) is 2.36. The van der Waals surface area contributed by atoms with Gasteiger partial charge in [-0.15, -0.1) is 0 Å². The first-order chi connectivity index (χ1) is 9.11. The third kappa shape index (κ3) is 6.85. The second-order valence-corrected chi connectivity index (χ2v) is 4.99. The molecule has 1 rings (SSSR count). The van der Waals surface area contributed by atoms with Crippen LogP contribution in [0.3, 0.4) is 0 Å². The Hall–Kier alpha value is -1.51. The van der Waals surface area contributed by atoms with Gasteiger partial charge in [-0.1, -0.05) is 38.3 Å². The number of hydrogen-bond donors (Lipinski definition) is 1. The molecule has 0 saturated heterocycles. The Morgan fingerprint density at radius 1 is 1.21 bits per heavy atom. The summed E-state index contributed by atoms with van der Waals surface area (Å²) >= 11 is 0. The van der Waals surface area contributed by atoms with Crippen molar-refractivity contribution >= 4 is 5.97 Å². The molecular weight excluding hydrogens is 240 g/mol. The molecule has 0 spiro atoms. The van der Waals surface area contributed by atoms with Crippen molar-refractivity contribution in [3.05, 3.63) is 29.8 Å². The second-order valence-electron chi connectivity index (χ2n) is 4.99. The van der Waals surface area contributed by atoms with Gasteiger partial charge in [-0.2, -0.15) is 0 Å². The van der Waals surface area contributed by atoms with Crippen LogP contribution in [0.25, 0.3) is 0 Å². The number of aliphatic carboxylic acids is 1. The van der Waals surface area contributed by atoms with Crippen molar-refractivity contribution < 1.29 is 14.6 Å². The fraction of sp³-hybridized carbons (Fsp3) is 0.562. The lowest BCUT2D eigenvalue weighted by Crippen LogP contribution is -2.11. The van der Waals surface area contributed by atoms with E-state index in [-0.39, 0.29) is 12.5 Å². The van der Waals surface area contributed by atoms with E-state index in [9.17, 15) is 4.79 Å². The molecule has 106 valence electrons. The maximum absolute atomic E-state index is 10.6. The van der Waals surface area contributed by atoms with Crippen LogP contribution in [-0.4, -0.2) is 17.2 Å². The molecule has 3 nitrogen and oxygen atoms in total. The summed E-state index contributed by atoms with van der Waals surface area (Å²) in [7, 11) is 0. The fourth-order valence-corrected chi connectivity index (χ4v) is 2.01. The van der Waals surface area contributed by atoms with Gasteiger partial charge in [0, 0.05) is 0 Å². The molecule has 19 heavy (non-hydrogen) atoms. The molecule has 1 N–H and O–H groups in total. The third-order valence-electron chi connectivity index (χ3n) is 3.08. The van der Waals surface area contributed by atoms with Crippen LogP contribution in [0.4, 0.5) is 0 Å². The highest BCUT2D eigenvalue weighted by molar-refractivity contribution is 5.70. The van der Waals surface area contributed by atoms with Crippen molar-refractivity contribution in [1.82, 2.24) is 0 Å². The quantitative estimate of drug-likeness (QED) is 0.684. The monoisotopic (exact) mass is 264 g/mol. The first kappa shape index (κ1) is 15.5. The summed E-state index contributed by atoms with van der Waals surface area (Å²) in [6, 6.07) is 7.32. The molecule has 0 heterocycles. The summed E-state index contributed by atoms with van der Waals surface area (Å²) in [5, 5.41) is 8.69. The topological polar surface area (TPSA) is 46.5 Å². The maximum atomic E-state index is 10.6. The summed E-state index contributed by atoms with van der Waals surface area (Å²) in [4.78, 5) is 10.6. The van der Waals surface area contributed by atoms with Crippen LogP contribution < -0.4 is 4.74 Å². The second kappa shape index (κ2) is 8.57. The van der Waals surface area contributed by atoms with Crippen LogP contribution in [0.5, 0.6) is 5.75 Å². The molecule has 0 saturated carbocycles. The van der Waals surface area contributed by atoms with Crippen molar-refractivity contribution in [2.24, 2.45) is 0 Å². The van der Waals surface area contributed by atoms with Gasteiger partial charge in [0.05, 0.1) is 12.5 Å². The van der Waals surface area contributed by atoms with Crippen LogP contribution in [0.1, 0.15) is 51.5 Å². The van der Waals surface area contributed by atoms with Gasteiger partial charge in [-0.3, -0.25) is 4.79 Å². The van der Waals surface area contributed by atoms with Gasteiger partial charge in [-0.25, -0.2) is 0 Å². The van der Waals surface area contributed by atoms with Gasteiger partial charge in [0.2, 0.25) is 0 Å². The number of benzene rings is 1. The number of hydrogen-bond acceptors (Lipinski definition) is 2. The van der Waals surface area contributed by atoms with E-state index in [4.69, 9.17) is 9.84 Å². The van der Waals surface area contributed by atoms with Gasteiger partial charge in [0.25, 0.3) is 0 Å². The molecule has 1 unspecified atom stereocenters. The Morgan fingerprint density at radius 2 is 1.89 bits per heavy atom. The smallest absolute Gasteiger partial charge is 0.307 e. The van der Waals surface area contributed by atoms with Gasteiger partial charge in [-0.05, 0) is 37.5 Å². The largest absolute Gasteiger partial charge is 0.491 e. The predicted octanol–water partition coefficient (Wildman–Crippen LogP) is 4.05. The number of carboxylic acids is 1. The summed E-state index contributed by atoms with van der Waals surface area (Å²) in [6.07, 6.45) is 6.34. The van der Waals surface area contributed by atoms with Crippen LogP contribution in [-0.2, 0) is 11.2 Å². The van der Waals surface area contributed by atoms with Crippen molar-refractivity contribution in [2.75, 3.05) is 0 Å². The van der Waals surface area contributed by atoms with E-state index in [0.717, 1.165) is 17.7 Å². The molecule has 1 aromatic rings. The molecule has 0 radical (unpaired) electrons. The van der Waals surface area contributed by atoms with E-state index in [0.29, 0.717) is 0 Å². The lowest BCUT2D eigenvalue weighted by atomic mass is 10.1. The number of unbranched alkanes of at least 4 members (excludes halogenated alkanes) is 3. The molecule has 1 atom stereocenters.